The predicted molar refractivity (Wildman–Crippen MR) is 94.8 cm³/mol. The lowest BCUT2D eigenvalue weighted by molar-refractivity contribution is -0.134. The molecule has 0 atom stereocenters. The number of esters is 1. The van der Waals surface area contributed by atoms with Crippen LogP contribution in [-0.4, -0.2) is 23.2 Å². The monoisotopic (exact) mass is 340 g/mol. The highest BCUT2D eigenvalue weighted by molar-refractivity contribution is 5.95. The molecule has 0 heterocycles. The molecule has 25 heavy (non-hydrogen) atoms. The third-order valence-corrected chi connectivity index (χ3v) is 3.38. The lowest BCUT2D eigenvalue weighted by Gasteiger charge is -2.06. The fourth-order valence-electron chi connectivity index (χ4n) is 2.01. The Morgan fingerprint density at radius 3 is 2.60 bits per heavy atom. The number of nitrogens with zero attached hydrogens (tertiary/aromatic N) is 1. The van der Waals surface area contributed by atoms with Gasteiger partial charge in [0.15, 0.2) is 0 Å². The van der Waals surface area contributed by atoms with Gasteiger partial charge >= 0.3 is 5.97 Å². The molecule has 6 nitrogen and oxygen atoms in total. The fourth-order valence-corrected chi connectivity index (χ4v) is 2.01. The van der Waals surface area contributed by atoms with Crippen LogP contribution >= 0.6 is 0 Å². The minimum Gasteiger partial charge on any atom is -0.508 e. The van der Waals surface area contributed by atoms with Crippen LogP contribution in [0.3, 0.4) is 0 Å². The highest BCUT2D eigenvalue weighted by atomic mass is 16.5. The van der Waals surface area contributed by atoms with Gasteiger partial charge in [-0.1, -0.05) is 25.5 Å². The summed E-state index contributed by atoms with van der Waals surface area (Å²) >= 11 is 0. The molecule has 0 saturated heterocycles. The maximum atomic E-state index is 11.9. The van der Waals surface area contributed by atoms with E-state index in [-0.39, 0.29) is 11.7 Å². The van der Waals surface area contributed by atoms with Crippen molar-refractivity contribution in [3.63, 3.8) is 0 Å². The van der Waals surface area contributed by atoms with Crippen LogP contribution in [0, 0.1) is 0 Å². The minimum atomic E-state index is -0.409. The van der Waals surface area contributed by atoms with Gasteiger partial charge in [0.25, 0.3) is 5.91 Å². The minimum absolute atomic E-state index is 0.0823. The zero-order valence-electron chi connectivity index (χ0n) is 13.9. The Morgan fingerprint density at radius 1 is 1.16 bits per heavy atom. The summed E-state index contributed by atoms with van der Waals surface area (Å²) < 4.78 is 5.33. The summed E-state index contributed by atoms with van der Waals surface area (Å²) in [5.74, 6) is -0.227. The zero-order chi connectivity index (χ0) is 18.1. The van der Waals surface area contributed by atoms with E-state index < -0.39 is 5.91 Å². The van der Waals surface area contributed by atoms with Crippen molar-refractivity contribution in [2.75, 3.05) is 0 Å². The summed E-state index contributed by atoms with van der Waals surface area (Å²) in [7, 11) is 0. The molecule has 0 aliphatic carbocycles. The topological polar surface area (TPSA) is 88.0 Å². The molecular formula is C19H20N2O4. The highest BCUT2D eigenvalue weighted by Crippen LogP contribution is 2.17. The van der Waals surface area contributed by atoms with Crippen molar-refractivity contribution in [3.05, 3.63) is 59.7 Å². The number of carbonyl (C=O) groups is 2. The second-order valence-corrected chi connectivity index (χ2v) is 5.36. The van der Waals surface area contributed by atoms with Crippen molar-refractivity contribution in [3.8, 4) is 11.5 Å². The molecule has 2 aromatic rings. The van der Waals surface area contributed by atoms with Crippen LogP contribution in [0.2, 0.25) is 0 Å². The molecule has 2 N–H and O–H groups in total. The molecule has 0 aliphatic heterocycles. The summed E-state index contributed by atoms with van der Waals surface area (Å²) in [5, 5.41) is 13.1. The van der Waals surface area contributed by atoms with Crippen molar-refractivity contribution in [1.82, 2.24) is 5.43 Å². The average molecular weight is 340 g/mol. The van der Waals surface area contributed by atoms with E-state index in [9.17, 15) is 14.7 Å². The van der Waals surface area contributed by atoms with E-state index in [1.54, 1.807) is 24.3 Å². The second-order valence-electron chi connectivity index (χ2n) is 5.36. The number of nitrogens with one attached hydrogen (secondary N) is 1. The van der Waals surface area contributed by atoms with Gasteiger partial charge in [0, 0.05) is 17.5 Å². The summed E-state index contributed by atoms with van der Waals surface area (Å²) in [6, 6.07) is 12.8. The zero-order valence-corrected chi connectivity index (χ0v) is 13.9. The molecule has 0 bridgehead atoms. The third kappa shape index (κ3) is 5.76. The molecule has 2 rings (SSSR count). The van der Waals surface area contributed by atoms with Crippen LogP contribution < -0.4 is 10.2 Å². The molecule has 0 fully saturated rings. The Morgan fingerprint density at radius 2 is 1.88 bits per heavy atom. The predicted octanol–water partition coefficient (Wildman–Crippen LogP) is 3.25. The second kappa shape index (κ2) is 9.22. The van der Waals surface area contributed by atoms with E-state index in [0.29, 0.717) is 23.3 Å². The van der Waals surface area contributed by atoms with Crippen LogP contribution in [-0.2, 0) is 4.79 Å². The molecule has 0 radical (unpaired) electrons. The number of benzene rings is 2. The van der Waals surface area contributed by atoms with Gasteiger partial charge in [0.2, 0.25) is 0 Å². The van der Waals surface area contributed by atoms with Gasteiger partial charge in [0.05, 0.1) is 6.21 Å². The molecule has 0 spiro atoms. The summed E-state index contributed by atoms with van der Waals surface area (Å²) in [5.41, 5.74) is 3.34. The van der Waals surface area contributed by atoms with Gasteiger partial charge in [-0.25, -0.2) is 5.43 Å². The molecule has 2 aromatic carbocycles. The molecule has 0 aromatic heterocycles. The first-order valence-electron chi connectivity index (χ1n) is 8.02. The van der Waals surface area contributed by atoms with Gasteiger partial charge in [-0.15, -0.1) is 0 Å². The lowest BCUT2D eigenvalue weighted by atomic mass is 10.2. The van der Waals surface area contributed by atoms with Crippen LogP contribution in [0.4, 0.5) is 0 Å². The number of unbranched alkanes of at least 4 members (excludes halogenated alkanes) is 1. The Balaban J connectivity index is 1.99. The molecule has 0 unspecified atom stereocenters. The van der Waals surface area contributed by atoms with Crippen LogP contribution in [0.5, 0.6) is 11.5 Å². The van der Waals surface area contributed by atoms with Crippen molar-refractivity contribution in [2.45, 2.75) is 26.2 Å². The first-order chi connectivity index (χ1) is 12.1. The van der Waals surface area contributed by atoms with Crippen molar-refractivity contribution in [2.24, 2.45) is 5.10 Å². The number of hydrazone groups is 1. The van der Waals surface area contributed by atoms with E-state index in [4.69, 9.17) is 4.74 Å². The van der Waals surface area contributed by atoms with E-state index in [0.717, 1.165) is 12.8 Å². The fraction of sp³-hybridized carbons (Fsp3) is 0.211. The number of para-hydroxylation sites is 1. The van der Waals surface area contributed by atoms with E-state index in [1.807, 2.05) is 6.92 Å². The van der Waals surface area contributed by atoms with Gasteiger partial charge in [0.1, 0.15) is 11.5 Å². The number of carbonyl (C=O) groups excluding carboxylic acids is 2. The molecule has 6 heteroatoms. The van der Waals surface area contributed by atoms with Crippen molar-refractivity contribution < 1.29 is 19.4 Å². The third-order valence-electron chi connectivity index (χ3n) is 3.38. The molecule has 0 aliphatic rings. The highest BCUT2D eigenvalue weighted by Gasteiger charge is 2.08. The quantitative estimate of drug-likeness (QED) is 0.350. The number of hydrogen-bond acceptors (Lipinski definition) is 5. The molecular weight excluding hydrogens is 320 g/mol. The Hall–Kier alpha value is -3.15. The standard InChI is InChI=1S/C19H20N2O4/c1-2-3-8-18(23)25-17-7-5-4-6-15(17)13-20-21-19(24)14-9-11-16(22)12-10-14/h4-7,9-13,22H,2-3,8H2,1H3,(H,21,24)/b20-13+. The first-order valence-corrected chi connectivity index (χ1v) is 8.02. The van der Waals surface area contributed by atoms with Crippen molar-refractivity contribution >= 4 is 18.1 Å². The van der Waals surface area contributed by atoms with Crippen molar-refractivity contribution in [1.29, 1.82) is 0 Å². The molecule has 130 valence electrons. The maximum Gasteiger partial charge on any atom is 0.311 e. The van der Waals surface area contributed by atoms with Gasteiger partial charge in [-0.2, -0.15) is 5.10 Å². The summed E-state index contributed by atoms with van der Waals surface area (Å²) in [6.45, 7) is 2.00. The van der Waals surface area contributed by atoms with E-state index in [2.05, 4.69) is 10.5 Å². The van der Waals surface area contributed by atoms with Crippen LogP contribution in [0.15, 0.2) is 53.6 Å². The van der Waals surface area contributed by atoms with Crippen LogP contribution in [0.1, 0.15) is 42.1 Å². The number of aromatic hydroxyl groups is 1. The van der Waals surface area contributed by atoms with Gasteiger partial charge in [-0.3, -0.25) is 9.59 Å². The molecule has 0 saturated carbocycles. The Bertz CT molecular complexity index is 754. The first kappa shape index (κ1) is 18.2. The van der Waals surface area contributed by atoms with Crippen LogP contribution in [0.25, 0.3) is 0 Å². The number of phenols is 1. The summed E-state index contributed by atoms with van der Waals surface area (Å²) in [6.07, 6.45) is 3.47. The smallest absolute Gasteiger partial charge is 0.311 e. The number of ether oxygens (including phenoxy) is 1. The number of amides is 1. The van der Waals surface area contributed by atoms with E-state index in [1.165, 1.54) is 30.5 Å². The normalized spacial score (nSPS) is 10.6. The Labute approximate surface area is 146 Å². The number of hydrogen-bond donors (Lipinski definition) is 2. The maximum absolute atomic E-state index is 11.9. The summed E-state index contributed by atoms with van der Waals surface area (Å²) in [4.78, 5) is 23.7. The van der Waals surface area contributed by atoms with Gasteiger partial charge in [-0.05, 0) is 42.8 Å². The van der Waals surface area contributed by atoms with E-state index >= 15 is 0 Å². The Kier molecular flexibility index (Phi) is 6.71. The molecule has 1 amide bonds. The number of phenolic OH excluding ortho intramolecular Hbond substituents is 1. The SMILES string of the molecule is CCCCC(=O)Oc1ccccc1/C=N/NC(=O)c1ccc(O)cc1. The lowest BCUT2D eigenvalue weighted by Crippen LogP contribution is -2.17. The average Bonchev–Trinajstić information content (AvgIpc) is 2.62. The van der Waals surface area contributed by atoms with Gasteiger partial charge < -0.3 is 9.84 Å². The largest absolute Gasteiger partial charge is 0.508 e. The number of rotatable bonds is 7.